The Bertz CT molecular complexity index is 1300. The number of nitrogens with zero attached hydrogens (tertiary/aromatic N) is 2. The Morgan fingerprint density at radius 3 is 1.43 bits per heavy atom. The molecule has 0 aromatic heterocycles. The van der Waals surface area contributed by atoms with E-state index in [1.807, 2.05) is 0 Å². The van der Waals surface area contributed by atoms with Crippen LogP contribution in [0, 0.1) is 0 Å². The first kappa shape index (κ1) is 13.7. The van der Waals surface area contributed by atoms with Gasteiger partial charge >= 0.3 is 6.85 Å². The maximum atomic E-state index is 2.64. The third kappa shape index (κ3) is 1.22. The predicted octanol–water partition coefficient (Wildman–Crippen LogP) is 4.65. The number of hydrogen-bond donors (Lipinski definition) is 0. The number of rotatable bonds is 0. The van der Waals surface area contributed by atoms with E-state index in [2.05, 4.69) is 89.6 Å². The molecule has 0 radical (unpaired) electrons. The van der Waals surface area contributed by atoms with Crippen molar-refractivity contribution in [3.8, 4) is 33.4 Å². The Morgan fingerprint density at radius 1 is 0.536 bits per heavy atom. The Hall–Kier alpha value is -3.46. The number of para-hydroxylation sites is 2. The molecule has 0 spiro atoms. The Morgan fingerprint density at radius 2 is 0.929 bits per heavy atom. The van der Waals surface area contributed by atoms with E-state index in [9.17, 15) is 0 Å². The fraction of sp³-hybridized carbons (Fsp3) is 0.0400. The Kier molecular flexibility index (Phi) is 2.04. The van der Waals surface area contributed by atoms with Crippen molar-refractivity contribution in [3.05, 3.63) is 72.8 Å². The van der Waals surface area contributed by atoms with Crippen molar-refractivity contribution in [3.63, 3.8) is 0 Å². The van der Waals surface area contributed by atoms with E-state index in [0.717, 1.165) is 0 Å². The molecule has 0 bridgehead atoms. The molecule has 0 saturated heterocycles. The molecule has 4 aromatic rings. The van der Waals surface area contributed by atoms with Gasteiger partial charge in [-0.15, -0.1) is 0 Å². The van der Waals surface area contributed by atoms with E-state index in [4.69, 9.17) is 0 Å². The van der Waals surface area contributed by atoms with E-state index >= 15 is 0 Å². The lowest BCUT2D eigenvalue weighted by Gasteiger charge is -2.48. The highest BCUT2D eigenvalue weighted by Gasteiger charge is 2.51. The van der Waals surface area contributed by atoms with Crippen molar-refractivity contribution in [1.82, 2.24) is 0 Å². The zero-order valence-electron chi connectivity index (χ0n) is 15.4. The van der Waals surface area contributed by atoms with Crippen LogP contribution < -0.4 is 20.6 Å². The van der Waals surface area contributed by atoms with E-state index in [0.29, 0.717) is 0 Å². The van der Waals surface area contributed by atoms with Crippen LogP contribution >= 0.6 is 0 Å². The second-order valence-electron chi connectivity index (χ2n) is 8.21. The summed E-state index contributed by atoms with van der Waals surface area (Å²) in [5.74, 6) is 0. The van der Waals surface area contributed by atoms with Gasteiger partial charge in [0.05, 0.1) is 22.7 Å². The lowest BCUT2D eigenvalue weighted by Crippen LogP contribution is -2.58. The molecule has 0 saturated carbocycles. The molecule has 2 nitrogen and oxygen atoms in total. The van der Waals surface area contributed by atoms with Crippen molar-refractivity contribution in [2.75, 3.05) is 16.8 Å². The van der Waals surface area contributed by atoms with Crippen LogP contribution in [0.25, 0.3) is 33.4 Å². The molecule has 3 heteroatoms. The highest BCUT2D eigenvalue weighted by Crippen LogP contribution is 2.58. The third-order valence-electron chi connectivity index (χ3n) is 7.12. The molecule has 4 aliphatic heterocycles. The summed E-state index contributed by atoms with van der Waals surface area (Å²) in [7, 11) is 2.20. The fourth-order valence-corrected chi connectivity index (χ4v) is 6.11. The van der Waals surface area contributed by atoms with Gasteiger partial charge in [-0.25, -0.2) is 0 Å². The summed E-state index contributed by atoms with van der Waals surface area (Å²) in [6.07, 6.45) is 0. The Labute approximate surface area is 163 Å². The molecule has 0 fully saturated rings. The largest absolute Gasteiger partial charge is 0.372 e. The number of fused-ring (bicyclic) bond motifs is 3. The first-order chi connectivity index (χ1) is 13.8. The average molecular weight is 354 g/mol. The van der Waals surface area contributed by atoms with Crippen LogP contribution in [0.5, 0.6) is 0 Å². The average Bonchev–Trinajstić information content (AvgIpc) is 3.09. The third-order valence-corrected chi connectivity index (χ3v) is 7.12. The summed E-state index contributed by atoms with van der Waals surface area (Å²) >= 11 is 0. The number of anilines is 4. The zero-order valence-corrected chi connectivity index (χ0v) is 15.4. The van der Waals surface area contributed by atoms with E-state index in [1.165, 1.54) is 67.1 Å². The van der Waals surface area contributed by atoms with Gasteiger partial charge in [0.2, 0.25) is 0 Å². The predicted molar refractivity (Wildman–Crippen MR) is 118 cm³/mol. The maximum absolute atomic E-state index is 2.64. The summed E-state index contributed by atoms with van der Waals surface area (Å²) < 4.78 is 0. The molecule has 28 heavy (non-hydrogen) atoms. The molecular formula is C25H15BN2. The number of benzene rings is 4. The molecule has 0 aliphatic carbocycles. The van der Waals surface area contributed by atoms with Gasteiger partial charge in [0.25, 0.3) is 0 Å². The van der Waals surface area contributed by atoms with Crippen LogP contribution in [0.15, 0.2) is 72.8 Å². The lowest BCUT2D eigenvalue weighted by molar-refractivity contribution is 1.15. The van der Waals surface area contributed by atoms with Crippen molar-refractivity contribution >= 4 is 40.5 Å². The van der Waals surface area contributed by atoms with Crippen LogP contribution in [0.2, 0.25) is 0 Å². The van der Waals surface area contributed by atoms with Crippen molar-refractivity contribution < 1.29 is 0 Å². The Balaban J connectivity index is 1.68. The molecule has 0 atom stereocenters. The topological polar surface area (TPSA) is 6.48 Å². The second kappa shape index (κ2) is 4.17. The van der Waals surface area contributed by atoms with Gasteiger partial charge in [0.15, 0.2) is 0 Å². The molecule has 4 aliphatic rings. The quantitative estimate of drug-likeness (QED) is 0.424. The maximum Gasteiger partial charge on any atom is 0.330 e. The summed E-state index contributed by atoms with van der Waals surface area (Å²) in [6.45, 7) is 0.286. The van der Waals surface area contributed by atoms with Crippen LogP contribution in [0.3, 0.4) is 0 Å². The van der Waals surface area contributed by atoms with Crippen LogP contribution in [-0.2, 0) is 0 Å². The van der Waals surface area contributed by atoms with E-state index < -0.39 is 0 Å². The van der Waals surface area contributed by atoms with Gasteiger partial charge < -0.3 is 9.71 Å². The zero-order chi connectivity index (χ0) is 18.1. The highest BCUT2D eigenvalue weighted by molar-refractivity contribution is 6.96. The van der Waals surface area contributed by atoms with Gasteiger partial charge in [-0.2, -0.15) is 0 Å². The van der Waals surface area contributed by atoms with E-state index in [1.54, 1.807) is 0 Å². The standard InChI is InChI=1S/C25H15BN2/c1-27-20-12-4-10-18-16-8-2-6-14-15-7-3-9-17-19-11-5-13-21(27)25(19)28(24(18)20)26(22(14)16)23(15)17/h2-13H,1H3. The minimum atomic E-state index is 0.286. The molecule has 4 aromatic carbocycles. The lowest BCUT2D eigenvalue weighted by atomic mass is 9.45. The van der Waals surface area contributed by atoms with Gasteiger partial charge in [-0.05, 0) is 45.3 Å². The summed E-state index contributed by atoms with van der Waals surface area (Å²) in [5, 5.41) is 0. The monoisotopic (exact) mass is 354 g/mol. The minimum absolute atomic E-state index is 0.286. The molecular weight excluding hydrogens is 339 g/mol. The SMILES string of the molecule is CN1c2cccc3c2N2B4c5c(cccc5-3)-c3cccc(c34)-c3cccc1c32. The normalized spacial score (nSPS) is 15.1. The summed E-state index contributed by atoms with van der Waals surface area (Å²) in [4.78, 5) is 5.01. The first-order valence-corrected chi connectivity index (χ1v) is 9.90. The number of hydrogen-bond acceptors (Lipinski definition) is 2. The van der Waals surface area contributed by atoms with Crippen LogP contribution in [0.1, 0.15) is 0 Å². The minimum Gasteiger partial charge on any atom is -0.372 e. The van der Waals surface area contributed by atoms with Crippen molar-refractivity contribution in [1.29, 1.82) is 0 Å². The summed E-state index contributed by atoms with van der Waals surface area (Å²) in [5.41, 5.74) is 16.6. The van der Waals surface area contributed by atoms with Gasteiger partial charge in [0, 0.05) is 18.2 Å². The fourth-order valence-electron chi connectivity index (χ4n) is 6.11. The molecule has 8 rings (SSSR count). The van der Waals surface area contributed by atoms with Gasteiger partial charge in [0.1, 0.15) is 0 Å². The second-order valence-corrected chi connectivity index (χ2v) is 8.21. The molecule has 128 valence electrons. The van der Waals surface area contributed by atoms with Gasteiger partial charge in [-0.1, -0.05) is 60.7 Å². The molecule has 4 heterocycles. The smallest absolute Gasteiger partial charge is 0.330 e. The van der Waals surface area contributed by atoms with Gasteiger partial charge in [-0.3, -0.25) is 0 Å². The summed E-state index contributed by atoms with van der Waals surface area (Å²) in [6, 6.07) is 27.2. The highest BCUT2D eigenvalue weighted by atomic mass is 15.2. The van der Waals surface area contributed by atoms with Crippen LogP contribution in [0.4, 0.5) is 22.7 Å². The van der Waals surface area contributed by atoms with E-state index in [-0.39, 0.29) is 6.85 Å². The van der Waals surface area contributed by atoms with Crippen molar-refractivity contribution in [2.24, 2.45) is 0 Å². The van der Waals surface area contributed by atoms with Crippen molar-refractivity contribution in [2.45, 2.75) is 0 Å². The molecule has 0 N–H and O–H groups in total. The first-order valence-electron chi connectivity index (χ1n) is 9.90. The molecule has 0 amide bonds. The van der Waals surface area contributed by atoms with Crippen LogP contribution in [-0.4, -0.2) is 13.9 Å². The molecule has 0 unspecified atom stereocenters.